The molecule has 1 aliphatic heterocycles. The minimum Gasteiger partial charge on any atom is -0.493 e. The molecule has 1 fully saturated rings. The molecule has 2 aromatic rings. The number of ether oxygens (including phenoxy) is 3. The molecule has 0 unspecified atom stereocenters. The van der Waals surface area contributed by atoms with E-state index < -0.39 is 0 Å². The Balaban J connectivity index is 1.54. The minimum absolute atomic E-state index is 0.0961. The fourth-order valence-corrected chi connectivity index (χ4v) is 3.75. The van der Waals surface area contributed by atoms with Crippen LogP contribution in [0.4, 0.5) is 10.1 Å². The number of nitrogens with one attached hydrogen (secondary N) is 1. The Bertz CT molecular complexity index is 851. The molecule has 1 N–H and O–H groups in total. The van der Waals surface area contributed by atoms with E-state index in [1.54, 1.807) is 12.1 Å². The van der Waals surface area contributed by atoms with E-state index in [1.807, 2.05) is 12.1 Å². The molecule has 0 bridgehead atoms. The fourth-order valence-electron chi connectivity index (χ4n) is 3.75. The number of nitrogens with zero attached hydrogens (tertiary/aromatic N) is 2. The molecule has 2 aromatic carbocycles. The molecular formula is C23H30FN3O4. The highest BCUT2D eigenvalue weighted by molar-refractivity contribution is 5.93. The third-order valence-corrected chi connectivity index (χ3v) is 5.32. The van der Waals surface area contributed by atoms with Crippen LogP contribution in [0.5, 0.6) is 17.2 Å². The lowest BCUT2D eigenvalue weighted by atomic mass is 10.2. The average molecular weight is 432 g/mol. The fraction of sp³-hybridized carbons (Fsp3) is 0.435. The van der Waals surface area contributed by atoms with Crippen molar-refractivity contribution in [3.05, 3.63) is 47.8 Å². The maximum absolute atomic E-state index is 13.1. The van der Waals surface area contributed by atoms with Gasteiger partial charge in [-0.2, -0.15) is 0 Å². The molecule has 3 rings (SSSR count). The first-order valence-corrected chi connectivity index (χ1v) is 10.3. The Labute approximate surface area is 182 Å². The molecule has 0 aromatic heterocycles. The molecule has 0 saturated carbocycles. The molecule has 1 heterocycles. The zero-order valence-electron chi connectivity index (χ0n) is 18.3. The van der Waals surface area contributed by atoms with E-state index in [0.717, 1.165) is 44.7 Å². The molecule has 0 spiro atoms. The number of hydrogen-bond donors (Lipinski definition) is 1. The van der Waals surface area contributed by atoms with E-state index in [4.69, 9.17) is 14.2 Å². The maximum Gasteiger partial charge on any atom is 0.238 e. The van der Waals surface area contributed by atoms with Crippen LogP contribution in [0.15, 0.2) is 36.4 Å². The van der Waals surface area contributed by atoms with Crippen LogP contribution in [0.25, 0.3) is 0 Å². The van der Waals surface area contributed by atoms with Crippen LogP contribution in [-0.4, -0.2) is 69.8 Å². The van der Waals surface area contributed by atoms with Gasteiger partial charge in [-0.05, 0) is 37.2 Å². The van der Waals surface area contributed by atoms with Gasteiger partial charge >= 0.3 is 0 Å². The van der Waals surface area contributed by atoms with Gasteiger partial charge in [0.25, 0.3) is 0 Å². The smallest absolute Gasteiger partial charge is 0.238 e. The highest BCUT2D eigenvalue weighted by atomic mass is 19.1. The monoisotopic (exact) mass is 431 g/mol. The van der Waals surface area contributed by atoms with Crippen LogP contribution in [0.2, 0.25) is 0 Å². The van der Waals surface area contributed by atoms with Crippen LogP contribution in [0.3, 0.4) is 0 Å². The number of anilines is 1. The van der Waals surface area contributed by atoms with Gasteiger partial charge in [-0.15, -0.1) is 0 Å². The van der Waals surface area contributed by atoms with Gasteiger partial charge in [0.15, 0.2) is 11.5 Å². The second-order valence-electron chi connectivity index (χ2n) is 7.49. The number of rotatable bonds is 8. The summed E-state index contributed by atoms with van der Waals surface area (Å²) in [5, 5.41) is 2.92. The minimum atomic E-state index is -0.219. The Morgan fingerprint density at radius 1 is 0.935 bits per heavy atom. The normalized spacial score (nSPS) is 15.2. The van der Waals surface area contributed by atoms with Crippen molar-refractivity contribution >= 4 is 11.6 Å². The number of benzene rings is 2. The average Bonchev–Trinajstić information content (AvgIpc) is 2.99. The van der Waals surface area contributed by atoms with E-state index in [2.05, 4.69) is 15.1 Å². The lowest BCUT2D eigenvalue weighted by molar-refractivity contribution is -0.117. The highest BCUT2D eigenvalue weighted by Gasteiger charge is 2.19. The first-order valence-electron chi connectivity index (χ1n) is 10.3. The van der Waals surface area contributed by atoms with Gasteiger partial charge in [0, 0.05) is 37.5 Å². The van der Waals surface area contributed by atoms with E-state index in [1.165, 1.54) is 33.5 Å². The standard InChI is InChI=1S/C23H30FN3O4/c1-29-20-13-19(14-21(30-2)23(20)31-3)25-22(28)16-27-10-4-9-26(11-12-27)15-17-5-7-18(24)8-6-17/h5-8,13-14H,4,9-12,15-16H2,1-3H3,(H,25,28). The molecule has 1 amide bonds. The van der Waals surface area contributed by atoms with Crippen molar-refractivity contribution in [2.45, 2.75) is 13.0 Å². The van der Waals surface area contributed by atoms with Gasteiger partial charge in [-0.1, -0.05) is 12.1 Å². The van der Waals surface area contributed by atoms with Crippen LogP contribution in [0.1, 0.15) is 12.0 Å². The molecule has 7 nitrogen and oxygen atoms in total. The molecule has 1 saturated heterocycles. The first-order chi connectivity index (χ1) is 15.0. The number of amides is 1. The van der Waals surface area contributed by atoms with Gasteiger partial charge in [0.05, 0.1) is 27.9 Å². The van der Waals surface area contributed by atoms with Crippen LogP contribution in [-0.2, 0) is 11.3 Å². The van der Waals surface area contributed by atoms with Gasteiger partial charge in [-0.3, -0.25) is 14.6 Å². The van der Waals surface area contributed by atoms with Crippen molar-refractivity contribution < 1.29 is 23.4 Å². The van der Waals surface area contributed by atoms with Gasteiger partial charge in [0.2, 0.25) is 11.7 Å². The zero-order valence-corrected chi connectivity index (χ0v) is 18.3. The third kappa shape index (κ3) is 6.32. The number of hydrogen-bond acceptors (Lipinski definition) is 6. The Morgan fingerprint density at radius 3 is 2.16 bits per heavy atom. The second-order valence-corrected chi connectivity index (χ2v) is 7.49. The third-order valence-electron chi connectivity index (χ3n) is 5.32. The molecule has 8 heteroatoms. The lowest BCUT2D eigenvalue weighted by Gasteiger charge is -2.21. The highest BCUT2D eigenvalue weighted by Crippen LogP contribution is 2.39. The van der Waals surface area contributed by atoms with Crippen LogP contribution in [0, 0.1) is 5.82 Å². The molecule has 31 heavy (non-hydrogen) atoms. The second kappa shape index (κ2) is 11.0. The van der Waals surface area contributed by atoms with Crippen molar-refractivity contribution in [1.29, 1.82) is 0 Å². The summed E-state index contributed by atoms with van der Waals surface area (Å²) >= 11 is 0. The summed E-state index contributed by atoms with van der Waals surface area (Å²) in [7, 11) is 4.62. The molecule has 0 aliphatic carbocycles. The molecule has 168 valence electrons. The number of carbonyl (C=O) groups is 1. The van der Waals surface area contributed by atoms with E-state index in [-0.39, 0.29) is 11.7 Å². The summed E-state index contributed by atoms with van der Waals surface area (Å²) in [6.07, 6.45) is 0.971. The first kappa shape index (κ1) is 22.8. The van der Waals surface area contributed by atoms with Crippen LogP contribution < -0.4 is 19.5 Å². The molecule has 0 radical (unpaired) electrons. The maximum atomic E-state index is 13.1. The SMILES string of the molecule is COc1cc(NC(=O)CN2CCCN(Cc3ccc(F)cc3)CC2)cc(OC)c1OC. The van der Waals surface area contributed by atoms with E-state index >= 15 is 0 Å². The van der Waals surface area contributed by atoms with Gasteiger partial charge in [0.1, 0.15) is 5.82 Å². The summed E-state index contributed by atoms with van der Waals surface area (Å²) in [5.74, 6) is 1.15. The van der Waals surface area contributed by atoms with Gasteiger partial charge in [-0.25, -0.2) is 4.39 Å². The number of methoxy groups -OCH3 is 3. The Hall–Kier alpha value is -2.84. The Kier molecular flexibility index (Phi) is 8.08. The summed E-state index contributed by atoms with van der Waals surface area (Å²) in [6, 6.07) is 10.1. The van der Waals surface area contributed by atoms with Crippen molar-refractivity contribution in [3.63, 3.8) is 0 Å². The van der Waals surface area contributed by atoms with Crippen molar-refractivity contribution in [2.24, 2.45) is 0 Å². The summed E-state index contributed by atoms with van der Waals surface area (Å²) in [4.78, 5) is 17.1. The van der Waals surface area contributed by atoms with E-state index in [0.29, 0.717) is 29.5 Å². The zero-order chi connectivity index (χ0) is 22.2. The quantitative estimate of drug-likeness (QED) is 0.693. The van der Waals surface area contributed by atoms with Crippen molar-refractivity contribution in [1.82, 2.24) is 9.80 Å². The molecular weight excluding hydrogens is 401 g/mol. The predicted molar refractivity (Wildman–Crippen MR) is 117 cm³/mol. The summed E-state index contributed by atoms with van der Waals surface area (Å²) < 4.78 is 29.1. The van der Waals surface area contributed by atoms with Crippen molar-refractivity contribution in [2.75, 3.05) is 59.4 Å². The van der Waals surface area contributed by atoms with E-state index in [9.17, 15) is 9.18 Å². The van der Waals surface area contributed by atoms with Crippen LogP contribution >= 0.6 is 0 Å². The Morgan fingerprint density at radius 2 is 1.55 bits per heavy atom. The molecule has 0 atom stereocenters. The molecule has 1 aliphatic rings. The topological polar surface area (TPSA) is 63.3 Å². The van der Waals surface area contributed by atoms with Crippen molar-refractivity contribution in [3.8, 4) is 17.2 Å². The largest absolute Gasteiger partial charge is 0.493 e. The predicted octanol–water partition coefficient (Wildman–Crippen LogP) is 3.00. The number of halogens is 1. The summed E-state index contributed by atoms with van der Waals surface area (Å²) in [6.45, 7) is 4.54. The van der Waals surface area contributed by atoms with Gasteiger partial charge < -0.3 is 19.5 Å². The number of carbonyl (C=O) groups excluding carboxylic acids is 1. The lowest BCUT2D eigenvalue weighted by Crippen LogP contribution is -2.36. The summed E-state index contributed by atoms with van der Waals surface area (Å²) in [5.41, 5.74) is 1.68.